The van der Waals surface area contributed by atoms with Gasteiger partial charge in [-0.25, -0.2) is 0 Å². The van der Waals surface area contributed by atoms with Crippen molar-refractivity contribution in [3.63, 3.8) is 0 Å². The summed E-state index contributed by atoms with van der Waals surface area (Å²) >= 11 is 0. The Balaban J connectivity index is 0.000000111. The molecule has 1 aliphatic carbocycles. The Morgan fingerprint density at radius 3 is 1.94 bits per heavy atom. The minimum absolute atomic E-state index is 1.24. The number of aryl methyl sites for hydroxylation is 3. The topological polar surface area (TPSA) is 0 Å². The standard InChI is InChI=1S/C9H10.C8H8B/c1-2-5-9-7-3-6-8(9)4-1;1-2-4-8-7(3-1)5-6-9-8/h1-2,4-5H,3,6-7H2;1-4H,5-6H2. The molecule has 0 saturated heterocycles. The zero-order valence-electron chi connectivity index (χ0n) is 10.7. The van der Waals surface area contributed by atoms with Gasteiger partial charge in [0, 0.05) is 0 Å². The molecule has 0 spiro atoms. The van der Waals surface area contributed by atoms with Gasteiger partial charge >= 0.3 is 0 Å². The van der Waals surface area contributed by atoms with Gasteiger partial charge in [0.1, 0.15) is 0 Å². The molecule has 0 aromatic heterocycles. The molecule has 1 radical (unpaired) electrons. The molecule has 0 N–H and O–H groups in total. The lowest BCUT2D eigenvalue weighted by molar-refractivity contribution is 0.912. The van der Waals surface area contributed by atoms with Gasteiger partial charge in [0.05, 0.1) is 0 Å². The molecule has 1 heterocycles. The highest BCUT2D eigenvalue weighted by Crippen LogP contribution is 2.20. The van der Waals surface area contributed by atoms with E-state index in [1.165, 1.54) is 43.0 Å². The highest BCUT2D eigenvalue weighted by atomic mass is 14.1. The van der Waals surface area contributed by atoms with Crippen molar-refractivity contribution in [1.82, 2.24) is 0 Å². The third-order valence-electron chi connectivity index (χ3n) is 3.84. The molecule has 2 aromatic rings. The first-order chi connectivity index (χ1) is 8.93. The third kappa shape index (κ3) is 2.50. The summed E-state index contributed by atoms with van der Waals surface area (Å²) in [6.45, 7) is 0. The lowest BCUT2D eigenvalue weighted by atomic mass is 9.72. The molecule has 0 amide bonds. The van der Waals surface area contributed by atoms with Crippen molar-refractivity contribution in [3.05, 3.63) is 65.2 Å². The van der Waals surface area contributed by atoms with Gasteiger partial charge in [-0.05, 0) is 36.8 Å². The predicted molar refractivity (Wildman–Crippen MR) is 78.8 cm³/mol. The summed E-state index contributed by atoms with van der Waals surface area (Å²) in [5.74, 6) is 0. The van der Waals surface area contributed by atoms with Crippen LogP contribution in [-0.4, -0.2) is 7.28 Å². The molecule has 0 fully saturated rings. The van der Waals surface area contributed by atoms with E-state index in [0.717, 1.165) is 0 Å². The molecular weight excluding hydrogens is 215 g/mol. The van der Waals surface area contributed by atoms with E-state index in [2.05, 4.69) is 55.8 Å². The van der Waals surface area contributed by atoms with Crippen molar-refractivity contribution >= 4 is 12.7 Å². The van der Waals surface area contributed by atoms with Crippen LogP contribution in [0.3, 0.4) is 0 Å². The summed E-state index contributed by atoms with van der Waals surface area (Å²) in [4.78, 5) is 0. The molecular formula is C17H18B. The van der Waals surface area contributed by atoms with Gasteiger partial charge in [-0.2, -0.15) is 0 Å². The monoisotopic (exact) mass is 233 g/mol. The molecule has 0 saturated carbocycles. The minimum atomic E-state index is 1.24. The molecule has 0 atom stereocenters. The second-order valence-corrected chi connectivity index (χ2v) is 5.06. The smallest absolute Gasteiger partial charge is 0.0847 e. The number of rotatable bonds is 0. The number of fused-ring (bicyclic) bond motifs is 2. The van der Waals surface area contributed by atoms with E-state index < -0.39 is 0 Å². The van der Waals surface area contributed by atoms with E-state index in [0.29, 0.717) is 0 Å². The summed E-state index contributed by atoms with van der Waals surface area (Å²) in [5, 5.41) is 0. The van der Waals surface area contributed by atoms with Crippen LogP contribution in [0.4, 0.5) is 0 Å². The molecule has 2 aliphatic rings. The fraction of sp³-hybridized carbons (Fsp3) is 0.294. The van der Waals surface area contributed by atoms with E-state index >= 15 is 0 Å². The Bertz CT molecular complexity index is 435. The van der Waals surface area contributed by atoms with Crippen LogP contribution in [0.25, 0.3) is 0 Å². The molecule has 1 aliphatic heterocycles. The second kappa shape index (κ2) is 5.43. The second-order valence-electron chi connectivity index (χ2n) is 5.06. The zero-order valence-corrected chi connectivity index (χ0v) is 10.7. The van der Waals surface area contributed by atoms with Gasteiger partial charge in [-0.1, -0.05) is 65.9 Å². The van der Waals surface area contributed by atoms with Gasteiger partial charge in [0.15, 0.2) is 7.28 Å². The van der Waals surface area contributed by atoms with Crippen molar-refractivity contribution in [3.8, 4) is 0 Å². The molecule has 1 heteroatoms. The van der Waals surface area contributed by atoms with Gasteiger partial charge in [0.2, 0.25) is 0 Å². The van der Waals surface area contributed by atoms with Crippen LogP contribution in [0.1, 0.15) is 23.1 Å². The van der Waals surface area contributed by atoms with E-state index in [9.17, 15) is 0 Å². The van der Waals surface area contributed by atoms with Crippen LogP contribution in [-0.2, 0) is 19.3 Å². The van der Waals surface area contributed by atoms with E-state index in [-0.39, 0.29) is 0 Å². The first-order valence-electron chi connectivity index (χ1n) is 6.91. The third-order valence-corrected chi connectivity index (χ3v) is 3.84. The summed E-state index contributed by atoms with van der Waals surface area (Å²) in [7, 11) is 2.30. The molecule has 0 bridgehead atoms. The average Bonchev–Trinajstić information content (AvgIpc) is 3.08. The van der Waals surface area contributed by atoms with Crippen molar-refractivity contribution < 1.29 is 0 Å². The Morgan fingerprint density at radius 1 is 0.667 bits per heavy atom. The van der Waals surface area contributed by atoms with Gasteiger partial charge in [0.25, 0.3) is 0 Å². The first kappa shape index (κ1) is 11.6. The first-order valence-corrected chi connectivity index (χ1v) is 6.91. The lowest BCUT2D eigenvalue weighted by Crippen LogP contribution is -2.08. The Kier molecular flexibility index (Phi) is 3.50. The Labute approximate surface area is 110 Å². The lowest BCUT2D eigenvalue weighted by Gasteiger charge is -1.93. The zero-order chi connectivity index (χ0) is 12.2. The van der Waals surface area contributed by atoms with Crippen LogP contribution >= 0.6 is 0 Å². The van der Waals surface area contributed by atoms with Crippen LogP contribution in [0, 0.1) is 0 Å². The van der Waals surface area contributed by atoms with Crippen molar-refractivity contribution in [1.29, 1.82) is 0 Å². The Hall–Kier alpha value is -1.50. The van der Waals surface area contributed by atoms with Crippen LogP contribution < -0.4 is 5.46 Å². The average molecular weight is 233 g/mol. The highest BCUT2D eigenvalue weighted by molar-refractivity contribution is 6.55. The summed E-state index contributed by atoms with van der Waals surface area (Å²) < 4.78 is 0. The number of hydrogen-bond donors (Lipinski definition) is 0. The molecule has 4 rings (SSSR count). The fourth-order valence-corrected chi connectivity index (χ4v) is 2.86. The maximum Gasteiger partial charge on any atom is 0.152 e. The number of hydrogen-bond acceptors (Lipinski definition) is 0. The van der Waals surface area contributed by atoms with Gasteiger partial charge < -0.3 is 0 Å². The summed E-state index contributed by atoms with van der Waals surface area (Å²) in [6, 6.07) is 17.3. The van der Waals surface area contributed by atoms with E-state index in [1.54, 1.807) is 11.1 Å². The summed E-state index contributed by atoms with van der Waals surface area (Å²) in [6.07, 6.45) is 6.45. The SMILES string of the molecule is [B]1CCc2ccccc21.c1ccc2c(c1)CCC2. The van der Waals surface area contributed by atoms with Crippen molar-refractivity contribution in [2.75, 3.05) is 0 Å². The molecule has 0 nitrogen and oxygen atoms in total. The van der Waals surface area contributed by atoms with Crippen LogP contribution in [0.15, 0.2) is 48.5 Å². The molecule has 2 aromatic carbocycles. The van der Waals surface area contributed by atoms with Crippen molar-refractivity contribution in [2.45, 2.75) is 32.0 Å². The highest BCUT2D eigenvalue weighted by Gasteiger charge is 2.09. The largest absolute Gasteiger partial charge is 0.152 e. The van der Waals surface area contributed by atoms with Crippen LogP contribution in [0.5, 0.6) is 0 Å². The maximum atomic E-state index is 2.30. The summed E-state index contributed by atoms with van der Waals surface area (Å²) in [5.41, 5.74) is 6.09. The Morgan fingerprint density at radius 2 is 1.28 bits per heavy atom. The number of benzene rings is 2. The quantitative estimate of drug-likeness (QED) is 0.613. The normalized spacial score (nSPS) is 15.1. The van der Waals surface area contributed by atoms with Gasteiger partial charge in [-0.15, -0.1) is 0 Å². The van der Waals surface area contributed by atoms with E-state index in [1.807, 2.05) is 0 Å². The fourth-order valence-electron chi connectivity index (χ4n) is 2.86. The van der Waals surface area contributed by atoms with Crippen LogP contribution in [0.2, 0.25) is 6.32 Å². The van der Waals surface area contributed by atoms with Crippen molar-refractivity contribution in [2.24, 2.45) is 0 Å². The maximum absolute atomic E-state index is 2.30. The van der Waals surface area contributed by atoms with Gasteiger partial charge in [-0.3, -0.25) is 0 Å². The van der Waals surface area contributed by atoms with E-state index in [4.69, 9.17) is 0 Å². The predicted octanol–water partition coefficient (Wildman–Crippen LogP) is 3.17. The molecule has 0 unspecified atom stereocenters. The minimum Gasteiger partial charge on any atom is -0.0847 e. The molecule has 89 valence electrons. The molecule has 18 heavy (non-hydrogen) atoms.